The fourth-order valence-corrected chi connectivity index (χ4v) is 6.33. The first-order chi connectivity index (χ1) is 20.1. The van der Waals surface area contributed by atoms with Crippen molar-refractivity contribution >= 4 is 33.7 Å². The van der Waals surface area contributed by atoms with Gasteiger partial charge in [-0.2, -0.15) is 8.78 Å². The molecule has 1 aromatic heterocycles. The number of carbonyl (C=O) groups excluding carboxylic acids is 1. The van der Waals surface area contributed by atoms with Gasteiger partial charge < -0.3 is 9.67 Å². The molecule has 8 nitrogen and oxygen atoms in total. The summed E-state index contributed by atoms with van der Waals surface area (Å²) in [6, 6.07) is 21.9. The van der Waals surface area contributed by atoms with Gasteiger partial charge in [-0.15, -0.1) is 0 Å². The number of carboxylic acid groups (broad SMARTS) is 1. The van der Waals surface area contributed by atoms with E-state index in [1.165, 1.54) is 10.6 Å². The van der Waals surface area contributed by atoms with Crippen LogP contribution in [0.1, 0.15) is 47.2 Å². The van der Waals surface area contributed by atoms with Crippen molar-refractivity contribution in [2.24, 2.45) is 0 Å². The first-order valence-corrected chi connectivity index (χ1v) is 15.5. The van der Waals surface area contributed by atoms with Gasteiger partial charge in [-0.1, -0.05) is 86.1 Å². The van der Waals surface area contributed by atoms with Crippen molar-refractivity contribution in [1.29, 1.82) is 0 Å². The zero-order chi connectivity index (χ0) is 30.3. The van der Waals surface area contributed by atoms with E-state index in [1.54, 1.807) is 72.8 Å². The molecule has 1 heterocycles. The van der Waals surface area contributed by atoms with Crippen LogP contribution in [0, 0.1) is 0 Å². The number of aryl methyl sites for hydroxylation is 1. The van der Waals surface area contributed by atoms with Crippen LogP contribution in [0.4, 0.5) is 8.78 Å². The van der Waals surface area contributed by atoms with Crippen LogP contribution in [0.5, 0.6) is 0 Å². The van der Waals surface area contributed by atoms with Gasteiger partial charge in [-0.3, -0.25) is 4.79 Å². The lowest BCUT2D eigenvalue weighted by atomic mass is 10.0. The summed E-state index contributed by atoms with van der Waals surface area (Å²) in [6.45, 7) is 2.04. The van der Waals surface area contributed by atoms with Crippen molar-refractivity contribution in [1.82, 2.24) is 14.3 Å². The van der Waals surface area contributed by atoms with Crippen molar-refractivity contribution in [3.05, 3.63) is 102 Å². The molecule has 0 unspecified atom stereocenters. The molecule has 0 saturated carbocycles. The van der Waals surface area contributed by atoms with E-state index in [-0.39, 0.29) is 40.3 Å². The van der Waals surface area contributed by atoms with E-state index in [4.69, 9.17) is 0 Å². The summed E-state index contributed by atoms with van der Waals surface area (Å²) in [6.07, 6.45) is 1.86. The molecule has 0 radical (unpaired) electrons. The molecule has 0 aliphatic carbocycles. The molecule has 4 aromatic rings. The van der Waals surface area contributed by atoms with Gasteiger partial charge >= 0.3 is 5.97 Å². The molecule has 3 aromatic carbocycles. The number of unbranched alkanes of at least 4 members (excludes halogenated alkanes) is 1. The van der Waals surface area contributed by atoms with Gasteiger partial charge in [-0.25, -0.2) is 22.9 Å². The van der Waals surface area contributed by atoms with Crippen LogP contribution in [-0.4, -0.2) is 40.7 Å². The Morgan fingerprint density at radius 1 is 0.976 bits per heavy atom. The lowest BCUT2D eigenvalue weighted by Gasteiger charge is -2.13. The molecule has 42 heavy (non-hydrogen) atoms. The fourth-order valence-electron chi connectivity index (χ4n) is 4.48. The van der Waals surface area contributed by atoms with Crippen LogP contribution < -0.4 is 4.72 Å². The molecule has 2 N–H and O–H groups in total. The van der Waals surface area contributed by atoms with Gasteiger partial charge in [0.2, 0.25) is 5.91 Å². The van der Waals surface area contributed by atoms with E-state index in [0.29, 0.717) is 40.9 Å². The third kappa shape index (κ3) is 7.62. The maximum Gasteiger partial charge on any atom is 0.355 e. The minimum Gasteiger partial charge on any atom is -0.476 e. The summed E-state index contributed by atoms with van der Waals surface area (Å²) in [7, 11) is -4.19. The molecule has 220 valence electrons. The number of nitrogens with one attached hydrogen (secondary N) is 1. The number of sulfonamides is 1. The maximum atomic E-state index is 13.2. The molecule has 4 rings (SSSR count). The van der Waals surface area contributed by atoms with Crippen LogP contribution in [0.3, 0.4) is 0 Å². The Kier molecular flexibility index (Phi) is 10.1. The second-order valence-corrected chi connectivity index (χ2v) is 12.1. The van der Waals surface area contributed by atoms with E-state index in [2.05, 4.69) is 9.71 Å². The number of aromatic nitrogens is 2. The number of carbonyl (C=O) groups is 2. The summed E-state index contributed by atoms with van der Waals surface area (Å²) in [5, 5.41) is 9.59. The molecule has 0 aliphatic heterocycles. The summed E-state index contributed by atoms with van der Waals surface area (Å²) in [4.78, 5) is 28.7. The summed E-state index contributed by atoms with van der Waals surface area (Å²) in [5.74, 6) is -4.42. The number of imidazole rings is 1. The second-order valence-electron chi connectivity index (χ2n) is 9.44. The Labute approximate surface area is 246 Å². The molecule has 0 atom stereocenters. The van der Waals surface area contributed by atoms with Crippen LogP contribution in [0.2, 0.25) is 0 Å². The number of carboxylic acids is 1. The molecule has 0 saturated heterocycles. The van der Waals surface area contributed by atoms with E-state index in [0.717, 1.165) is 6.42 Å². The van der Waals surface area contributed by atoms with Gasteiger partial charge in [0.05, 0.1) is 11.3 Å². The first kappa shape index (κ1) is 30.9. The number of halogens is 2. The van der Waals surface area contributed by atoms with E-state index >= 15 is 0 Å². The number of rotatable bonds is 13. The quantitative estimate of drug-likeness (QED) is 0.178. The third-order valence-corrected chi connectivity index (χ3v) is 8.53. The Morgan fingerprint density at radius 2 is 1.64 bits per heavy atom. The average molecular weight is 614 g/mol. The highest BCUT2D eigenvalue weighted by Crippen LogP contribution is 2.31. The topological polar surface area (TPSA) is 118 Å². The van der Waals surface area contributed by atoms with Crippen LogP contribution >= 0.6 is 11.8 Å². The monoisotopic (exact) mass is 613 g/mol. The van der Waals surface area contributed by atoms with Crippen molar-refractivity contribution in [3.63, 3.8) is 0 Å². The normalized spacial score (nSPS) is 11.5. The van der Waals surface area contributed by atoms with E-state index in [1.807, 2.05) is 6.92 Å². The number of hydrogen-bond donors (Lipinski definition) is 2. The van der Waals surface area contributed by atoms with Gasteiger partial charge in [0.15, 0.2) is 5.69 Å². The predicted octanol–water partition coefficient (Wildman–Crippen LogP) is 6.00. The van der Waals surface area contributed by atoms with Gasteiger partial charge in [0, 0.05) is 18.5 Å². The van der Waals surface area contributed by atoms with Crippen molar-refractivity contribution in [2.75, 3.05) is 0 Å². The number of nitrogens with zero attached hydrogens (tertiary/aromatic N) is 2. The Hall–Kier alpha value is -4.03. The van der Waals surface area contributed by atoms with Gasteiger partial charge in [0.25, 0.3) is 15.8 Å². The third-order valence-electron chi connectivity index (χ3n) is 6.41. The molecule has 12 heteroatoms. The lowest BCUT2D eigenvalue weighted by Crippen LogP contribution is -2.32. The minimum absolute atomic E-state index is 0.0718. The molecular weight excluding hydrogens is 584 g/mol. The smallest absolute Gasteiger partial charge is 0.355 e. The van der Waals surface area contributed by atoms with Crippen LogP contribution in [-0.2, 0) is 34.2 Å². The molecular formula is C30H29F2N3O5S2. The average Bonchev–Trinajstić information content (AvgIpc) is 3.28. The highest BCUT2D eigenvalue weighted by molar-refractivity contribution is 7.99. The predicted molar refractivity (Wildman–Crippen MR) is 156 cm³/mol. The number of hydrogen-bond acceptors (Lipinski definition) is 6. The molecule has 0 aliphatic rings. The van der Waals surface area contributed by atoms with Crippen LogP contribution in [0.25, 0.3) is 11.1 Å². The molecule has 0 fully saturated rings. The minimum atomic E-state index is -4.19. The molecule has 0 bridgehead atoms. The highest BCUT2D eigenvalue weighted by Gasteiger charge is 2.26. The zero-order valence-electron chi connectivity index (χ0n) is 22.7. The number of alkyl halides is 2. The van der Waals surface area contributed by atoms with Gasteiger partial charge in [-0.05, 0) is 40.9 Å². The lowest BCUT2D eigenvalue weighted by molar-refractivity contribution is -0.118. The van der Waals surface area contributed by atoms with E-state index in [9.17, 15) is 31.9 Å². The maximum absolute atomic E-state index is 13.2. The Balaban J connectivity index is 1.60. The van der Waals surface area contributed by atoms with Crippen LogP contribution in [0.15, 0.2) is 88.8 Å². The number of thioether (sulfide) groups is 1. The number of amides is 1. The standard InChI is InChI=1S/C30H29F2N3O5S2/c1-2-3-13-25-33-28(41-30(31)32)27(29(37)38)35(25)19-21-14-16-22(17-15-21)23-11-7-8-12-24(23)42(39,40)34-26(36)18-20-9-5-4-6-10-20/h4-12,14-17,30H,2-3,13,18-19H2,1H3,(H,34,36)(H,37,38). The molecule has 0 spiro atoms. The highest BCUT2D eigenvalue weighted by atomic mass is 32.2. The summed E-state index contributed by atoms with van der Waals surface area (Å²) >= 11 is 0.107. The number of benzene rings is 3. The second kappa shape index (κ2) is 13.8. The van der Waals surface area contributed by atoms with Crippen molar-refractivity contribution in [2.45, 2.75) is 54.8 Å². The SMILES string of the molecule is CCCCc1nc(SC(F)F)c(C(=O)O)n1Cc1ccc(-c2ccccc2S(=O)(=O)NC(=O)Cc2ccccc2)cc1. The van der Waals surface area contributed by atoms with Crippen molar-refractivity contribution < 1.29 is 31.9 Å². The zero-order valence-corrected chi connectivity index (χ0v) is 24.3. The summed E-state index contributed by atoms with van der Waals surface area (Å²) in [5.41, 5.74) is 1.98. The number of aromatic carboxylic acids is 1. The Bertz CT molecular complexity index is 1660. The Morgan fingerprint density at radius 3 is 2.29 bits per heavy atom. The molecule has 1 amide bonds. The first-order valence-electron chi connectivity index (χ1n) is 13.1. The largest absolute Gasteiger partial charge is 0.476 e. The van der Waals surface area contributed by atoms with E-state index < -0.39 is 27.7 Å². The van der Waals surface area contributed by atoms with Gasteiger partial charge in [0.1, 0.15) is 10.9 Å². The fraction of sp³-hybridized carbons (Fsp3) is 0.233. The van der Waals surface area contributed by atoms with Crippen molar-refractivity contribution in [3.8, 4) is 11.1 Å². The summed E-state index contributed by atoms with van der Waals surface area (Å²) < 4.78 is 56.2.